The van der Waals surface area contributed by atoms with Crippen LogP contribution in [0.5, 0.6) is 0 Å². The molecule has 0 saturated heterocycles. The molecule has 0 aliphatic rings. The van der Waals surface area contributed by atoms with E-state index in [0.29, 0.717) is 0 Å². The van der Waals surface area contributed by atoms with Crippen LogP contribution in [0.2, 0.25) is 17.4 Å². The molecule has 0 nitrogen and oxygen atoms in total. The fraction of sp³-hybridized carbons (Fsp3) is 1.00. The van der Waals surface area contributed by atoms with Gasteiger partial charge in [0.15, 0.2) is 0 Å². The first-order valence-electron chi connectivity index (χ1n) is 1.73. The normalized spacial score (nSPS) is 5.40. The van der Waals surface area contributed by atoms with Crippen molar-refractivity contribution in [2.45, 2.75) is 17.4 Å². The van der Waals surface area contributed by atoms with Crippen molar-refractivity contribution in [1.82, 2.24) is 0 Å². The Balaban J connectivity index is 0. The van der Waals surface area contributed by atoms with Crippen LogP contribution in [-0.2, 0) is 0 Å². The van der Waals surface area contributed by atoms with Crippen molar-refractivity contribution in [2.75, 3.05) is 0 Å². The number of hydrogen-bond donors (Lipinski definition) is 0. The second-order valence-electron chi connectivity index (χ2n) is 1.73. The van der Waals surface area contributed by atoms with E-state index in [-0.39, 0.29) is 43.7 Å². The molecular formula is C3H10AlNa. The van der Waals surface area contributed by atoms with Gasteiger partial charge in [-0.1, -0.05) is 0 Å². The van der Waals surface area contributed by atoms with Gasteiger partial charge in [0.25, 0.3) is 14.1 Å². The van der Waals surface area contributed by atoms with Crippen LogP contribution in [0.25, 0.3) is 0 Å². The van der Waals surface area contributed by atoms with Crippen molar-refractivity contribution in [2.24, 2.45) is 0 Å². The van der Waals surface area contributed by atoms with Crippen LogP contribution in [0.15, 0.2) is 0 Å². The molecule has 2 heteroatoms. The van der Waals surface area contributed by atoms with E-state index in [0.717, 1.165) is 0 Å². The van der Waals surface area contributed by atoms with Gasteiger partial charge in [-0.2, -0.15) is 0 Å². The van der Waals surface area contributed by atoms with Crippen molar-refractivity contribution in [1.29, 1.82) is 0 Å². The van der Waals surface area contributed by atoms with Crippen LogP contribution in [0.1, 0.15) is 0 Å². The zero-order chi connectivity index (χ0) is 3.58. The van der Waals surface area contributed by atoms with Crippen molar-refractivity contribution < 1.29 is 0 Å². The van der Waals surface area contributed by atoms with Crippen LogP contribution in [0, 0.1) is 0 Å². The Morgan fingerprint density at radius 3 is 1.00 bits per heavy atom. The van der Waals surface area contributed by atoms with Crippen LogP contribution in [-0.4, -0.2) is 43.7 Å². The molecule has 0 fully saturated rings. The monoisotopic (exact) mass is 96.0 g/mol. The van der Waals surface area contributed by atoms with Gasteiger partial charge in [0.05, 0.1) is 0 Å². The Morgan fingerprint density at radius 1 is 1.00 bits per heavy atom. The molecule has 0 amide bonds. The predicted molar refractivity (Wildman–Crippen MR) is 30.5 cm³/mol. The number of rotatable bonds is 0. The maximum absolute atomic E-state index is 2.31. The summed E-state index contributed by atoms with van der Waals surface area (Å²) in [6.45, 7) is 0. The number of hydrogen-bond acceptors (Lipinski definition) is 0. The zero-order valence-electron chi connectivity index (χ0n) is 3.58. The van der Waals surface area contributed by atoms with Crippen LogP contribution < -0.4 is 0 Å². The molecule has 0 unspecified atom stereocenters. The van der Waals surface area contributed by atoms with Crippen molar-refractivity contribution >= 4 is 43.7 Å². The Hall–Kier alpha value is 1.53. The Labute approximate surface area is 60.6 Å². The third kappa shape index (κ3) is 29.4. The Bertz CT molecular complexity index is 11.6. The van der Waals surface area contributed by atoms with Gasteiger partial charge in [-0.15, -0.1) is 17.4 Å². The maximum atomic E-state index is 2.31. The van der Waals surface area contributed by atoms with Crippen molar-refractivity contribution in [3.8, 4) is 0 Å². The van der Waals surface area contributed by atoms with E-state index in [2.05, 4.69) is 17.4 Å². The fourth-order valence-electron chi connectivity index (χ4n) is 0. The molecular weight excluding hydrogens is 86.0 g/mol. The molecule has 0 aromatic heterocycles. The quantitative estimate of drug-likeness (QED) is 0.390. The van der Waals surface area contributed by atoms with Gasteiger partial charge in [-0.05, 0) is 0 Å². The Kier molecular flexibility index (Phi) is 10.8. The summed E-state index contributed by atoms with van der Waals surface area (Å²) < 4.78 is 0. The van der Waals surface area contributed by atoms with E-state index in [1.54, 1.807) is 0 Å². The first kappa shape index (κ1) is 9.73. The van der Waals surface area contributed by atoms with Gasteiger partial charge in [-0.25, -0.2) is 0 Å². The molecule has 0 N–H and O–H groups in total. The van der Waals surface area contributed by atoms with Gasteiger partial charge in [0.2, 0.25) is 0 Å². The molecule has 0 bridgehead atoms. The second kappa shape index (κ2) is 5.53. The minimum atomic E-state index is -0.139. The predicted octanol–water partition coefficient (Wildman–Crippen LogP) is 0.722. The van der Waals surface area contributed by atoms with Gasteiger partial charge in [0, 0.05) is 0 Å². The molecule has 26 valence electrons. The standard InChI is InChI=1S/3CH3.Al.Na.H/h3*1H3;;;. The third-order valence-electron chi connectivity index (χ3n) is 0. The molecule has 0 aliphatic carbocycles. The summed E-state index contributed by atoms with van der Waals surface area (Å²) in [7, 11) is 0. The molecule has 0 atom stereocenters. The molecule has 0 spiro atoms. The molecule has 0 saturated carbocycles. The summed E-state index contributed by atoms with van der Waals surface area (Å²) in [5.41, 5.74) is 0. The molecule has 0 rings (SSSR count). The van der Waals surface area contributed by atoms with E-state index < -0.39 is 0 Å². The van der Waals surface area contributed by atoms with E-state index in [1.807, 2.05) is 0 Å². The van der Waals surface area contributed by atoms with E-state index >= 15 is 0 Å². The van der Waals surface area contributed by atoms with Crippen molar-refractivity contribution in [3.63, 3.8) is 0 Å². The first-order chi connectivity index (χ1) is 1.73. The zero-order valence-corrected chi connectivity index (χ0v) is 4.73. The van der Waals surface area contributed by atoms with E-state index in [9.17, 15) is 0 Å². The summed E-state index contributed by atoms with van der Waals surface area (Å²) in [5.74, 6) is 6.92. The summed E-state index contributed by atoms with van der Waals surface area (Å²) in [4.78, 5) is 0. The van der Waals surface area contributed by atoms with Crippen LogP contribution in [0.3, 0.4) is 0 Å². The molecule has 0 aliphatic heterocycles. The fourth-order valence-corrected chi connectivity index (χ4v) is 0. The average molecular weight is 96.1 g/mol. The van der Waals surface area contributed by atoms with Gasteiger partial charge in [-0.3, -0.25) is 0 Å². The van der Waals surface area contributed by atoms with Gasteiger partial charge in [0.1, 0.15) is 0 Å². The third-order valence-corrected chi connectivity index (χ3v) is 0. The second-order valence-corrected chi connectivity index (χ2v) is 5.20. The van der Waals surface area contributed by atoms with E-state index in [1.165, 1.54) is 0 Å². The molecule has 0 aromatic carbocycles. The summed E-state index contributed by atoms with van der Waals surface area (Å²) in [6, 6.07) is 0. The Morgan fingerprint density at radius 2 is 1.00 bits per heavy atom. The van der Waals surface area contributed by atoms with Crippen molar-refractivity contribution in [3.05, 3.63) is 0 Å². The van der Waals surface area contributed by atoms with Gasteiger partial charge < -0.3 is 0 Å². The molecule has 0 radical (unpaired) electrons. The van der Waals surface area contributed by atoms with Crippen LogP contribution >= 0.6 is 0 Å². The van der Waals surface area contributed by atoms with Gasteiger partial charge >= 0.3 is 29.6 Å². The van der Waals surface area contributed by atoms with E-state index in [4.69, 9.17) is 0 Å². The summed E-state index contributed by atoms with van der Waals surface area (Å²) in [5, 5.41) is 0. The average Bonchev–Trinajstić information content (AvgIpc) is 0.811. The molecule has 0 aromatic rings. The minimum absolute atomic E-state index is 0. The summed E-state index contributed by atoms with van der Waals surface area (Å²) in [6.07, 6.45) is 0. The SMILES string of the molecule is [CH3][Al]([CH3])[CH3].[NaH]. The first-order valence-corrected chi connectivity index (χ1v) is 5.20. The molecule has 5 heavy (non-hydrogen) atoms. The summed E-state index contributed by atoms with van der Waals surface area (Å²) >= 11 is -0.139. The topological polar surface area (TPSA) is 0 Å². The molecule has 0 heterocycles. The van der Waals surface area contributed by atoms with Crippen LogP contribution in [0.4, 0.5) is 0 Å².